The number of rotatable bonds is 8. The zero-order chi connectivity index (χ0) is 13.5. The highest BCUT2D eigenvalue weighted by atomic mass is 16.5. The number of nitrogens with zero attached hydrogens (tertiary/aromatic N) is 3. The lowest BCUT2D eigenvalue weighted by atomic mass is 10.2. The Morgan fingerprint density at radius 3 is 2.95 bits per heavy atom. The number of methoxy groups -OCH3 is 1. The van der Waals surface area contributed by atoms with Crippen LogP contribution in [-0.2, 0) is 11.3 Å². The minimum Gasteiger partial charge on any atom is -0.383 e. The van der Waals surface area contributed by atoms with Crippen LogP contribution in [0.2, 0.25) is 0 Å². The van der Waals surface area contributed by atoms with Crippen LogP contribution < -0.4 is 5.32 Å². The maximum Gasteiger partial charge on any atom is 0.203 e. The number of aromatic nitrogens is 2. The molecule has 0 aromatic carbocycles. The molecule has 1 aliphatic carbocycles. The number of likely N-dealkylation sites (N-methyl/N-ethyl adjacent to an activating group) is 1. The minimum absolute atomic E-state index is 0.618. The summed E-state index contributed by atoms with van der Waals surface area (Å²) in [5, 5.41) is 3.57. The van der Waals surface area contributed by atoms with Crippen molar-refractivity contribution in [3.8, 4) is 0 Å². The van der Waals surface area contributed by atoms with Crippen molar-refractivity contribution in [1.82, 2.24) is 14.5 Å². The molecule has 0 aliphatic heterocycles. The molecule has 1 aliphatic rings. The Morgan fingerprint density at radius 1 is 1.42 bits per heavy atom. The Labute approximate surface area is 116 Å². The van der Waals surface area contributed by atoms with Crippen LogP contribution in [0.15, 0.2) is 12.4 Å². The van der Waals surface area contributed by atoms with E-state index in [-0.39, 0.29) is 0 Å². The molecule has 0 bridgehead atoms. The summed E-state index contributed by atoms with van der Waals surface area (Å²) in [4.78, 5) is 6.71. The molecule has 5 nitrogen and oxygen atoms in total. The van der Waals surface area contributed by atoms with Gasteiger partial charge in [0.2, 0.25) is 5.95 Å². The van der Waals surface area contributed by atoms with Crippen molar-refractivity contribution in [3.63, 3.8) is 0 Å². The molecular formula is C14H26N4O. The van der Waals surface area contributed by atoms with Gasteiger partial charge in [-0.2, -0.15) is 0 Å². The summed E-state index contributed by atoms with van der Waals surface area (Å²) in [5.74, 6) is 1.02. The van der Waals surface area contributed by atoms with Gasteiger partial charge in [0.05, 0.1) is 6.61 Å². The molecular weight excluding hydrogens is 240 g/mol. The van der Waals surface area contributed by atoms with Gasteiger partial charge in [-0.1, -0.05) is 12.8 Å². The summed E-state index contributed by atoms with van der Waals surface area (Å²) < 4.78 is 7.30. The van der Waals surface area contributed by atoms with E-state index in [9.17, 15) is 0 Å². The molecule has 19 heavy (non-hydrogen) atoms. The third-order valence-corrected chi connectivity index (χ3v) is 3.80. The summed E-state index contributed by atoms with van der Waals surface area (Å²) in [6.07, 6.45) is 9.19. The molecule has 1 N–H and O–H groups in total. The lowest BCUT2D eigenvalue weighted by Gasteiger charge is -2.18. The quantitative estimate of drug-likeness (QED) is 0.779. The molecule has 1 heterocycles. The number of hydrogen-bond acceptors (Lipinski definition) is 4. The summed E-state index contributed by atoms with van der Waals surface area (Å²) in [6.45, 7) is 3.73. The van der Waals surface area contributed by atoms with Crippen molar-refractivity contribution in [2.75, 3.05) is 39.2 Å². The highest BCUT2D eigenvalue weighted by molar-refractivity contribution is 5.27. The number of nitrogens with one attached hydrogen (secondary N) is 1. The van der Waals surface area contributed by atoms with E-state index in [0.717, 1.165) is 32.2 Å². The van der Waals surface area contributed by atoms with Crippen LogP contribution in [0, 0.1) is 0 Å². The lowest BCUT2D eigenvalue weighted by Crippen LogP contribution is -2.27. The van der Waals surface area contributed by atoms with Crippen molar-refractivity contribution in [1.29, 1.82) is 0 Å². The Morgan fingerprint density at radius 2 is 2.21 bits per heavy atom. The average molecular weight is 266 g/mol. The van der Waals surface area contributed by atoms with Gasteiger partial charge in [0.15, 0.2) is 0 Å². The topological polar surface area (TPSA) is 42.3 Å². The molecule has 5 heteroatoms. The fourth-order valence-corrected chi connectivity index (χ4v) is 2.52. The van der Waals surface area contributed by atoms with Gasteiger partial charge in [0.1, 0.15) is 0 Å². The van der Waals surface area contributed by atoms with Crippen LogP contribution in [0.5, 0.6) is 0 Å². The van der Waals surface area contributed by atoms with Gasteiger partial charge < -0.3 is 19.5 Å². The third kappa shape index (κ3) is 4.51. The van der Waals surface area contributed by atoms with Gasteiger partial charge in [-0.3, -0.25) is 0 Å². The van der Waals surface area contributed by atoms with Gasteiger partial charge in [-0.05, 0) is 19.9 Å². The smallest absolute Gasteiger partial charge is 0.203 e. The Balaban J connectivity index is 1.78. The number of imidazole rings is 1. The fraction of sp³-hybridized carbons (Fsp3) is 0.786. The molecule has 1 aromatic heterocycles. The predicted octanol–water partition coefficient (Wildman–Crippen LogP) is 1.82. The standard InChI is InChI=1S/C14H26N4O/c1-17(11-12-19-2)9-10-18-8-7-15-14(18)16-13-5-3-4-6-13/h7-8,13H,3-6,9-12H2,1-2H3,(H,15,16). The molecule has 0 saturated heterocycles. The monoisotopic (exact) mass is 266 g/mol. The van der Waals surface area contributed by atoms with E-state index in [1.807, 2.05) is 6.20 Å². The van der Waals surface area contributed by atoms with Crippen LogP contribution in [0.4, 0.5) is 5.95 Å². The second-order valence-electron chi connectivity index (χ2n) is 5.37. The second-order valence-corrected chi connectivity index (χ2v) is 5.37. The van der Waals surface area contributed by atoms with Gasteiger partial charge in [0, 0.05) is 45.2 Å². The fourth-order valence-electron chi connectivity index (χ4n) is 2.52. The zero-order valence-electron chi connectivity index (χ0n) is 12.1. The van der Waals surface area contributed by atoms with Crippen LogP contribution >= 0.6 is 0 Å². The van der Waals surface area contributed by atoms with Crippen molar-refractivity contribution >= 4 is 5.95 Å². The van der Waals surface area contributed by atoms with E-state index in [4.69, 9.17) is 4.74 Å². The molecule has 108 valence electrons. The molecule has 0 atom stereocenters. The van der Waals surface area contributed by atoms with Gasteiger partial charge in [-0.25, -0.2) is 4.98 Å². The molecule has 1 fully saturated rings. The molecule has 1 aromatic rings. The van der Waals surface area contributed by atoms with Gasteiger partial charge in [-0.15, -0.1) is 0 Å². The van der Waals surface area contributed by atoms with E-state index in [1.54, 1.807) is 7.11 Å². The maximum absolute atomic E-state index is 5.09. The first-order valence-corrected chi connectivity index (χ1v) is 7.24. The summed E-state index contributed by atoms with van der Waals surface area (Å²) in [6, 6.07) is 0.618. The SMILES string of the molecule is COCCN(C)CCn1ccnc1NC1CCCC1. The van der Waals surface area contributed by atoms with E-state index in [2.05, 4.69) is 33.0 Å². The van der Waals surface area contributed by atoms with Crippen molar-refractivity contribution in [2.24, 2.45) is 0 Å². The number of ether oxygens (including phenoxy) is 1. The van der Waals surface area contributed by atoms with E-state index in [1.165, 1.54) is 25.7 Å². The first-order valence-electron chi connectivity index (χ1n) is 7.24. The van der Waals surface area contributed by atoms with Gasteiger partial charge >= 0.3 is 0 Å². The Hall–Kier alpha value is -1.07. The number of anilines is 1. The first-order chi connectivity index (χ1) is 9.29. The summed E-state index contributed by atoms with van der Waals surface area (Å²) >= 11 is 0. The molecule has 0 unspecified atom stereocenters. The highest BCUT2D eigenvalue weighted by Gasteiger charge is 2.16. The zero-order valence-corrected chi connectivity index (χ0v) is 12.1. The van der Waals surface area contributed by atoms with Crippen LogP contribution in [0.25, 0.3) is 0 Å². The van der Waals surface area contributed by atoms with E-state index < -0.39 is 0 Å². The Kier molecular flexibility index (Phi) is 5.66. The van der Waals surface area contributed by atoms with Crippen molar-refractivity contribution in [2.45, 2.75) is 38.3 Å². The average Bonchev–Trinajstić information content (AvgIpc) is 3.06. The molecule has 0 amide bonds. The van der Waals surface area contributed by atoms with Crippen molar-refractivity contribution in [3.05, 3.63) is 12.4 Å². The van der Waals surface area contributed by atoms with Gasteiger partial charge in [0.25, 0.3) is 0 Å². The minimum atomic E-state index is 0.618. The summed E-state index contributed by atoms with van der Waals surface area (Å²) in [7, 11) is 3.87. The lowest BCUT2D eigenvalue weighted by molar-refractivity contribution is 0.159. The van der Waals surface area contributed by atoms with Crippen LogP contribution in [0.3, 0.4) is 0 Å². The molecule has 0 radical (unpaired) electrons. The largest absolute Gasteiger partial charge is 0.383 e. The second kappa shape index (κ2) is 7.50. The molecule has 2 rings (SSSR count). The maximum atomic E-state index is 5.09. The predicted molar refractivity (Wildman–Crippen MR) is 77.5 cm³/mol. The Bertz CT molecular complexity index is 360. The highest BCUT2D eigenvalue weighted by Crippen LogP contribution is 2.21. The van der Waals surface area contributed by atoms with Crippen molar-refractivity contribution < 1.29 is 4.74 Å². The van der Waals surface area contributed by atoms with Crippen LogP contribution in [-0.4, -0.2) is 54.3 Å². The molecule has 1 saturated carbocycles. The molecule has 0 spiro atoms. The van der Waals surface area contributed by atoms with Crippen LogP contribution in [0.1, 0.15) is 25.7 Å². The van der Waals surface area contributed by atoms with E-state index in [0.29, 0.717) is 6.04 Å². The summed E-state index contributed by atoms with van der Waals surface area (Å²) in [5.41, 5.74) is 0. The van der Waals surface area contributed by atoms with E-state index >= 15 is 0 Å². The first kappa shape index (κ1) is 14.3. The number of hydrogen-bond donors (Lipinski definition) is 1. The normalized spacial score (nSPS) is 16.4. The third-order valence-electron chi connectivity index (χ3n) is 3.80.